The van der Waals surface area contributed by atoms with Crippen LogP contribution in [0.25, 0.3) is 0 Å². The molecule has 27 heavy (non-hydrogen) atoms. The van der Waals surface area contributed by atoms with Crippen molar-refractivity contribution in [3.05, 3.63) is 95.6 Å². The second-order valence-corrected chi connectivity index (χ2v) is 7.30. The van der Waals surface area contributed by atoms with E-state index >= 15 is 0 Å². The lowest BCUT2D eigenvalue weighted by Gasteiger charge is -2.26. The molecule has 2 aromatic rings. The summed E-state index contributed by atoms with van der Waals surface area (Å²) in [6.45, 7) is 3.22. The van der Waals surface area contributed by atoms with Crippen LogP contribution in [0.4, 0.5) is 0 Å². The first kappa shape index (κ1) is 17.7. The lowest BCUT2D eigenvalue weighted by molar-refractivity contribution is 0.156. The van der Waals surface area contributed by atoms with Crippen LogP contribution in [-0.2, 0) is 11.3 Å². The van der Waals surface area contributed by atoms with Gasteiger partial charge in [-0.3, -0.25) is 4.99 Å². The maximum atomic E-state index is 5.95. The van der Waals surface area contributed by atoms with Gasteiger partial charge in [0.1, 0.15) is 12.4 Å². The smallest absolute Gasteiger partial charge is 0.124 e. The summed E-state index contributed by atoms with van der Waals surface area (Å²) in [4.78, 5) is 4.99. The van der Waals surface area contributed by atoms with Crippen molar-refractivity contribution < 1.29 is 4.74 Å². The van der Waals surface area contributed by atoms with Crippen LogP contribution in [0.5, 0.6) is 0 Å². The van der Waals surface area contributed by atoms with E-state index in [9.17, 15) is 0 Å². The third kappa shape index (κ3) is 4.37. The molecule has 1 aliphatic heterocycles. The number of amidine groups is 1. The number of hydrogen-bond donors (Lipinski definition) is 1. The Labute approximate surface area is 161 Å². The molecule has 1 unspecified atom stereocenters. The van der Waals surface area contributed by atoms with Crippen LogP contribution in [0, 0.1) is 12.8 Å². The predicted octanol–water partition coefficient (Wildman–Crippen LogP) is 4.76. The number of rotatable bonds is 6. The summed E-state index contributed by atoms with van der Waals surface area (Å²) < 4.78 is 5.95. The van der Waals surface area contributed by atoms with Gasteiger partial charge < -0.3 is 10.1 Å². The van der Waals surface area contributed by atoms with Gasteiger partial charge in [-0.25, -0.2) is 0 Å². The summed E-state index contributed by atoms with van der Waals surface area (Å²) in [6.07, 6.45) is 9.84. The molecule has 138 valence electrons. The number of hydrogen-bond acceptors (Lipinski definition) is 3. The minimum absolute atomic E-state index is 0.130. The fourth-order valence-electron chi connectivity index (χ4n) is 3.84. The van der Waals surface area contributed by atoms with Crippen LogP contribution in [-0.4, -0.2) is 18.5 Å². The zero-order valence-corrected chi connectivity index (χ0v) is 15.7. The molecule has 0 radical (unpaired) electrons. The van der Waals surface area contributed by atoms with E-state index in [1.165, 1.54) is 16.7 Å². The molecule has 2 aliphatic rings. The van der Waals surface area contributed by atoms with Gasteiger partial charge in [0.05, 0.1) is 18.7 Å². The van der Waals surface area contributed by atoms with E-state index in [-0.39, 0.29) is 12.1 Å². The lowest BCUT2D eigenvalue weighted by Crippen LogP contribution is -2.39. The quantitative estimate of drug-likeness (QED) is 0.808. The molecule has 2 aromatic carbocycles. The highest BCUT2D eigenvalue weighted by Gasteiger charge is 2.34. The van der Waals surface area contributed by atoms with Gasteiger partial charge in [0, 0.05) is 5.92 Å². The van der Waals surface area contributed by atoms with E-state index in [0.29, 0.717) is 19.1 Å². The Morgan fingerprint density at radius 1 is 1.04 bits per heavy atom. The topological polar surface area (TPSA) is 33.6 Å². The van der Waals surface area contributed by atoms with E-state index in [1.54, 1.807) is 0 Å². The molecule has 0 saturated carbocycles. The van der Waals surface area contributed by atoms with Gasteiger partial charge in [-0.1, -0.05) is 84.5 Å². The van der Waals surface area contributed by atoms with Gasteiger partial charge in [-0.15, -0.1) is 0 Å². The molecular weight excluding hydrogens is 332 g/mol. The highest BCUT2D eigenvalue weighted by Crippen LogP contribution is 2.33. The van der Waals surface area contributed by atoms with Crippen LogP contribution in [0.3, 0.4) is 0 Å². The van der Waals surface area contributed by atoms with Crippen molar-refractivity contribution in [1.82, 2.24) is 5.32 Å². The summed E-state index contributed by atoms with van der Waals surface area (Å²) in [5, 5.41) is 3.65. The molecule has 1 aliphatic carbocycles. The van der Waals surface area contributed by atoms with E-state index < -0.39 is 0 Å². The maximum absolute atomic E-state index is 5.95. The summed E-state index contributed by atoms with van der Waals surface area (Å²) >= 11 is 0. The second kappa shape index (κ2) is 8.36. The minimum Gasteiger partial charge on any atom is -0.369 e. The van der Waals surface area contributed by atoms with Gasteiger partial charge >= 0.3 is 0 Å². The molecule has 1 N–H and O–H groups in total. The van der Waals surface area contributed by atoms with Crippen LogP contribution >= 0.6 is 0 Å². The highest BCUT2D eigenvalue weighted by atomic mass is 16.5. The summed E-state index contributed by atoms with van der Waals surface area (Å²) in [5.74, 6) is 1.39. The van der Waals surface area contributed by atoms with Crippen LogP contribution in [0.1, 0.15) is 29.2 Å². The fraction of sp³-hybridized carbons (Fsp3) is 0.292. The molecule has 0 saturated heterocycles. The maximum Gasteiger partial charge on any atom is 0.124 e. The van der Waals surface area contributed by atoms with Gasteiger partial charge in [0.25, 0.3) is 0 Å². The number of allylic oxidation sites excluding steroid dienone is 3. The van der Waals surface area contributed by atoms with Crippen molar-refractivity contribution in [3.63, 3.8) is 0 Å². The zero-order valence-electron chi connectivity index (χ0n) is 15.7. The van der Waals surface area contributed by atoms with E-state index in [4.69, 9.17) is 9.73 Å². The monoisotopic (exact) mass is 358 g/mol. The summed E-state index contributed by atoms with van der Waals surface area (Å²) in [7, 11) is 0. The van der Waals surface area contributed by atoms with E-state index in [1.807, 2.05) is 0 Å². The highest BCUT2D eigenvalue weighted by molar-refractivity contribution is 5.86. The Morgan fingerprint density at radius 2 is 1.93 bits per heavy atom. The largest absolute Gasteiger partial charge is 0.369 e. The average Bonchev–Trinajstić information content (AvgIpc) is 3.14. The van der Waals surface area contributed by atoms with Gasteiger partial charge in [-0.2, -0.15) is 0 Å². The molecule has 0 bridgehead atoms. The first-order valence-electron chi connectivity index (χ1n) is 9.64. The Morgan fingerprint density at radius 3 is 2.70 bits per heavy atom. The van der Waals surface area contributed by atoms with Crippen molar-refractivity contribution in [2.24, 2.45) is 10.9 Å². The SMILES string of the molecule is Cc1cccc(COCC2=N[C@H](c3ccccc3)[C@H](C3C=CC=CC3)N2)c1. The third-order valence-corrected chi connectivity index (χ3v) is 5.17. The summed E-state index contributed by atoms with van der Waals surface area (Å²) in [5.41, 5.74) is 3.71. The van der Waals surface area contributed by atoms with Gasteiger partial charge in [0.2, 0.25) is 0 Å². The standard InChI is InChI=1S/C24H26N2O/c1-18-9-8-10-19(15-18)16-27-17-22-25-23(20-11-4-2-5-12-20)24(26-22)21-13-6-3-7-14-21/h2-13,15,21,23-24H,14,16-17H2,1H3,(H,25,26)/t21?,23-,24+/m1/s1. The van der Waals surface area contributed by atoms with Crippen LogP contribution in [0.2, 0.25) is 0 Å². The number of aliphatic imine (C=N–C) groups is 1. The van der Waals surface area contributed by atoms with Crippen molar-refractivity contribution >= 4 is 5.84 Å². The molecular formula is C24H26N2O. The first-order chi connectivity index (χ1) is 13.3. The first-order valence-corrected chi connectivity index (χ1v) is 9.64. The number of ether oxygens (including phenoxy) is 1. The summed E-state index contributed by atoms with van der Waals surface area (Å²) in [6, 6.07) is 19.4. The second-order valence-electron chi connectivity index (χ2n) is 7.30. The molecule has 3 heteroatoms. The fourth-order valence-corrected chi connectivity index (χ4v) is 3.84. The van der Waals surface area contributed by atoms with E-state index in [2.05, 4.69) is 91.1 Å². The molecule has 3 atom stereocenters. The number of aryl methyl sites for hydroxylation is 1. The molecule has 0 aromatic heterocycles. The van der Waals surface area contributed by atoms with Crippen LogP contribution in [0.15, 0.2) is 83.9 Å². The Bertz CT molecular complexity index is 854. The lowest BCUT2D eigenvalue weighted by atomic mass is 9.86. The molecule has 4 rings (SSSR count). The Hall–Kier alpha value is -2.65. The molecule has 0 amide bonds. The molecule has 0 spiro atoms. The number of nitrogens with one attached hydrogen (secondary N) is 1. The van der Waals surface area contributed by atoms with Crippen molar-refractivity contribution in [2.75, 3.05) is 6.61 Å². The van der Waals surface area contributed by atoms with Gasteiger partial charge in [-0.05, 0) is 24.5 Å². The van der Waals surface area contributed by atoms with Crippen molar-refractivity contribution in [2.45, 2.75) is 32.0 Å². The zero-order chi connectivity index (χ0) is 18.5. The minimum atomic E-state index is 0.130. The molecule has 1 heterocycles. The molecule has 3 nitrogen and oxygen atoms in total. The van der Waals surface area contributed by atoms with Gasteiger partial charge in [0.15, 0.2) is 0 Å². The average molecular weight is 358 g/mol. The number of nitrogens with zero attached hydrogens (tertiary/aromatic N) is 1. The number of benzene rings is 2. The normalized spacial score (nSPS) is 23.9. The van der Waals surface area contributed by atoms with E-state index in [0.717, 1.165) is 12.3 Å². The van der Waals surface area contributed by atoms with Crippen molar-refractivity contribution in [1.29, 1.82) is 0 Å². The Balaban J connectivity index is 1.44. The predicted molar refractivity (Wildman–Crippen MR) is 111 cm³/mol. The van der Waals surface area contributed by atoms with Crippen molar-refractivity contribution in [3.8, 4) is 0 Å². The third-order valence-electron chi connectivity index (χ3n) is 5.17. The Kier molecular flexibility index (Phi) is 5.50. The molecule has 0 fully saturated rings. The van der Waals surface area contributed by atoms with Crippen LogP contribution < -0.4 is 5.32 Å².